The number of urea groups is 1. The number of rotatable bonds is 6. The van der Waals surface area contributed by atoms with Crippen LogP contribution in [0.5, 0.6) is 11.5 Å². The molecule has 1 aliphatic heterocycles. The van der Waals surface area contributed by atoms with Crippen LogP contribution in [0.4, 0.5) is 4.79 Å². The van der Waals surface area contributed by atoms with E-state index in [4.69, 9.17) is 15.2 Å². The Morgan fingerprint density at radius 1 is 1.16 bits per heavy atom. The van der Waals surface area contributed by atoms with E-state index in [1.54, 1.807) is 24.4 Å². The van der Waals surface area contributed by atoms with Crippen LogP contribution in [0, 0.1) is 0 Å². The number of methoxy groups -OCH3 is 1. The molecule has 3 N–H and O–H groups in total. The lowest BCUT2D eigenvalue weighted by Gasteiger charge is -2.46. The molecule has 1 fully saturated rings. The Morgan fingerprint density at radius 2 is 1.97 bits per heavy atom. The molecule has 0 aliphatic carbocycles. The zero-order valence-corrected chi connectivity index (χ0v) is 17.5. The largest absolute Gasteiger partial charge is 0.496 e. The molecule has 160 valence electrons. The lowest BCUT2D eigenvalue weighted by atomic mass is 9.86. The van der Waals surface area contributed by atoms with Crippen molar-refractivity contribution in [3.05, 3.63) is 78.6 Å². The van der Waals surface area contributed by atoms with Crippen LogP contribution in [0.2, 0.25) is 0 Å². The molecule has 1 atom stereocenters. The molecule has 0 spiro atoms. The van der Waals surface area contributed by atoms with Crippen molar-refractivity contribution in [3.8, 4) is 22.6 Å². The number of carbonyl (C=O) groups is 1. The molecule has 2 amide bonds. The SMILES string of the molecule is COc1ccccc1-c1ccc(C2(COc3cccnc3)CNCCN2C(N)=O)cc1. The van der Waals surface area contributed by atoms with Gasteiger partial charge in [0.05, 0.1) is 13.3 Å². The maximum atomic E-state index is 12.4. The summed E-state index contributed by atoms with van der Waals surface area (Å²) in [5, 5.41) is 3.39. The molecule has 4 rings (SSSR count). The van der Waals surface area contributed by atoms with Gasteiger partial charge in [-0.25, -0.2) is 4.79 Å². The summed E-state index contributed by atoms with van der Waals surface area (Å²) < 4.78 is 11.6. The zero-order valence-electron chi connectivity index (χ0n) is 17.5. The summed E-state index contributed by atoms with van der Waals surface area (Å²) in [4.78, 5) is 18.2. The molecule has 3 aromatic rings. The maximum Gasteiger partial charge on any atom is 0.315 e. The standard InChI is InChI=1S/C24H26N4O3/c1-30-22-7-3-2-6-21(22)18-8-10-19(11-9-18)24(16-27-13-14-28(24)23(25)29)17-31-20-5-4-12-26-15-20/h2-12,15,27H,13-14,16-17H2,1H3,(H2,25,29). The number of primary amides is 1. The van der Waals surface area contributed by atoms with Crippen molar-refractivity contribution in [1.82, 2.24) is 15.2 Å². The Balaban J connectivity index is 1.70. The molecular weight excluding hydrogens is 392 g/mol. The molecule has 1 aromatic heterocycles. The van der Waals surface area contributed by atoms with Gasteiger partial charge in [0.25, 0.3) is 0 Å². The number of hydrogen-bond donors (Lipinski definition) is 2. The van der Waals surface area contributed by atoms with Crippen LogP contribution < -0.4 is 20.5 Å². The molecular formula is C24H26N4O3. The van der Waals surface area contributed by atoms with E-state index in [2.05, 4.69) is 10.3 Å². The number of hydrogen-bond acceptors (Lipinski definition) is 5. The van der Waals surface area contributed by atoms with E-state index in [0.29, 0.717) is 25.4 Å². The predicted octanol–water partition coefficient (Wildman–Crippen LogP) is 3.02. The fraction of sp³-hybridized carbons (Fsp3) is 0.250. The Bertz CT molecular complexity index is 1030. The van der Waals surface area contributed by atoms with E-state index in [1.165, 1.54) is 0 Å². The number of benzene rings is 2. The lowest BCUT2D eigenvalue weighted by Crippen LogP contribution is -2.64. The predicted molar refractivity (Wildman–Crippen MR) is 119 cm³/mol. The van der Waals surface area contributed by atoms with Gasteiger partial charge >= 0.3 is 6.03 Å². The van der Waals surface area contributed by atoms with Gasteiger partial charge in [-0.15, -0.1) is 0 Å². The van der Waals surface area contributed by atoms with Gasteiger partial charge in [-0.1, -0.05) is 42.5 Å². The first-order valence-electron chi connectivity index (χ1n) is 10.2. The number of carbonyl (C=O) groups excluding carboxylic acids is 1. The van der Waals surface area contributed by atoms with Gasteiger partial charge < -0.3 is 25.4 Å². The minimum atomic E-state index is -0.737. The lowest BCUT2D eigenvalue weighted by molar-refractivity contribution is 0.0468. The molecule has 1 aliphatic rings. The second-order valence-electron chi connectivity index (χ2n) is 7.45. The number of amides is 2. The van der Waals surface area contributed by atoms with Gasteiger partial charge in [0.15, 0.2) is 0 Å². The van der Waals surface area contributed by atoms with Crippen LogP contribution in [-0.2, 0) is 5.54 Å². The summed E-state index contributed by atoms with van der Waals surface area (Å²) >= 11 is 0. The van der Waals surface area contributed by atoms with E-state index in [-0.39, 0.29) is 6.61 Å². The first kappa shape index (κ1) is 20.7. The number of nitrogens with two attached hydrogens (primary N) is 1. The van der Waals surface area contributed by atoms with Crippen LogP contribution in [0.1, 0.15) is 5.56 Å². The van der Waals surface area contributed by atoms with E-state index >= 15 is 0 Å². The fourth-order valence-corrected chi connectivity index (χ4v) is 4.07. The monoisotopic (exact) mass is 418 g/mol. The van der Waals surface area contributed by atoms with Crippen molar-refractivity contribution >= 4 is 6.03 Å². The second-order valence-corrected chi connectivity index (χ2v) is 7.45. The van der Waals surface area contributed by atoms with E-state index in [1.807, 2.05) is 60.7 Å². The highest BCUT2D eigenvalue weighted by molar-refractivity contribution is 5.74. The van der Waals surface area contributed by atoms with E-state index < -0.39 is 11.6 Å². The van der Waals surface area contributed by atoms with Crippen LogP contribution in [-0.4, -0.2) is 49.3 Å². The smallest absolute Gasteiger partial charge is 0.315 e. The summed E-state index contributed by atoms with van der Waals surface area (Å²) in [6.45, 7) is 1.96. The average molecular weight is 418 g/mol. The molecule has 0 radical (unpaired) electrons. The number of nitrogens with zero attached hydrogens (tertiary/aromatic N) is 2. The maximum absolute atomic E-state index is 12.4. The fourth-order valence-electron chi connectivity index (χ4n) is 4.07. The van der Waals surface area contributed by atoms with Crippen LogP contribution >= 0.6 is 0 Å². The van der Waals surface area contributed by atoms with Gasteiger partial charge in [0, 0.05) is 31.4 Å². The van der Waals surface area contributed by atoms with Crippen LogP contribution in [0.3, 0.4) is 0 Å². The molecule has 0 bridgehead atoms. The number of piperazine rings is 1. The topological polar surface area (TPSA) is 89.7 Å². The quantitative estimate of drug-likeness (QED) is 0.642. The molecule has 7 heteroatoms. The molecule has 31 heavy (non-hydrogen) atoms. The van der Waals surface area contributed by atoms with Gasteiger partial charge in [0.2, 0.25) is 0 Å². The molecule has 0 saturated carbocycles. The summed E-state index contributed by atoms with van der Waals surface area (Å²) in [6, 6.07) is 19.2. The van der Waals surface area contributed by atoms with Gasteiger partial charge in [-0.05, 0) is 29.3 Å². The molecule has 2 heterocycles. The summed E-state index contributed by atoms with van der Waals surface area (Å²) in [5.74, 6) is 1.45. The van der Waals surface area contributed by atoms with Crippen molar-refractivity contribution < 1.29 is 14.3 Å². The first-order valence-corrected chi connectivity index (χ1v) is 10.2. The number of ether oxygens (including phenoxy) is 2. The molecule has 1 saturated heterocycles. The van der Waals surface area contributed by atoms with Crippen LogP contribution in [0.25, 0.3) is 11.1 Å². The number of aromatic nitrogens is 1. The van der Waals surface area contributed by atoms with Crippen molar-refractivity contribution in [2.75, 3.05) is 33.4 Å². The average Bonchev–Trinajstić information content (AvgIpc) is 2.83. The van der Waals surface area contributed by atoms with Crippen molar-refractivity contribution in [1.29, 1.82) is 0 Å². The van der Waals surface area contributed by atoms with Crippen LogP contribution in [0.15, 0.2) is 73.1 Å². The van der Waals surface area contributed by atoms with Crippen molar-refractivity contribution in [2.45, 2.75) is 5.54 Å². The highest BCUT2D eigenvalue weighted by Crippen LogP contribution is 2.35. The summed E-state index contributed by atoms with van der Waals surface area (Å²) in [5.41, 5.74) is 8.02. The Labute approximate surface area is 181 Å². The Hall–Kier alpha value is -3.58. The normalized spacial score (nSPS) is 18.4. The molecule has 7 nitrogen and oxygen atoms in total. The van der Waals surface area contributed by atoms with Gasteiger partial charge in [-0.2, -0.15) is 0 Å². The summed E-state index contributed by atoms with van der Waals surface area (Å²) in [7, 11) is 1.66. The van der Waals surface area contributed by atoms with Gasteiger partial charge in [-0.3, -0.25) is 4.98 Å². The molecule has 1 unspecified atom stereocenters. The number of nitrogens with one attached hydrogen (secondary N) is 1. The Morgan fingerprint density at radius 3 is 2.68 bits per heavy atom. The second kappa shape index (κ2) is 9.06. The van der Waals surface area contributed by atoms with E-state index in [9.17, 15) is 4.79 Å². The zero-order chi connectivity index (χ0) is 21.7. The minimum Gasteiger partial charge on any atom is -0.496 e. The highest BCUT2D eigenvalue weighted by Gasteiger charge is 2.43. The third kappa shape index (κ3) is 4.18. The van der Waals surface area contributed by atoms with Gasteiger partial charge in [0.1, 0.15) is 23.6 Å². The minimum absolute atomic E-state index is 0.253. The Kier molecular flexibility index (Phi) is 6.04. The van der Waals surface area contributed by atoms with Crippen molar-refractivity contribution in [3.63, 3.8) is 0 Å². The van der Waals surface area contributed by atoms with Crippen molar-refractivity contribution in [2.24, 2.45) is 5.73 Å². The highest BCUT2D eigenvalue weighted by atomic mass is 16.5. The first-order chi connectivity index (χ1) is 15.1. The molecule has 2 aromatic carbocycles. The summed E-state index contributed by atoms with van der Waals surface area (Å²) in [6.07, 6.45) is 3.35. The number of pyridine rings is 1. The third-order valence-electron chi connectivity index (χ3n) is 5.66. The third-order valence-corrected chi connectivity index (χ3v) is 5.66. The van der Waals surface area contributed by atoms with E-state index in [0.717, 1.165) is 22.4 Å². The number of para-hydroxylation sites is 1.